The van der Waals surface area contributed by atoms with E-state index >= 15 is 0 Å². The molecule has 0 aliphatic rings. The van der Waals surface area contributed by atoms with Gasteiger partial charge in [-0.25, -0.2) is 4.79 Å². The minimum absolute atomic E-state index is 0.210. The summed E-state index contributed by atoms with van der Waals surface area (Å²) < 4.78 is 46.0. The maximum atomic E-state index is 12.5. The summed E-state index contributed by atoms with van der Waals surface area (Å²) in [7, 11) is 0. The number of amides is 1. The second-order valence-corrected chi connectivity index (χ2v) is 5.16. The summed E-state index contributed by atoms with van der Waals surface area (Å²) >= 11 is 0.696. The molecule has 18 heavy (non-hydrogen) atoms. The van der Waals surface area contributed by atoms with Crippen molar-refractivity contribution in [3.8, 4) is 0 Å². The molecule has 4 nitrogen and oxygen atoms in total. The van der Waals surface area contributed by atoms with Crippen molar-refractivity contribution in [2.75, 3.05) is 0 Å². The largest absolute Gasteiger partial charge is 0.444 e. The number of rotatable bonds is 2. The number of alkyl carbamates (subject to hydrolysis) is 1. The molecule has 102 valence electrons. The highest BCUT2D eigenvalue weighted by Crippen LogP contribution is 2.32. The average Bonchev–Trinajstić information content (AvgIpc) is 2.58. The van der Waals surface area contributed by atoms with Crippen LogP contribution in [0.2, 0.25) is 0 Å². The molecule has 1 amide bonds. The summed E-state index contributed by atoms with van der Waals surface area (Å²) in [5.41, 5.74) is -1.74. The molecule has 0 spiro atoms. The van der Waals surface area contributed by atoms with Gasteiger partial charge in [0.25, 0.3) is 0 Å². The van der Waals surface area contributed by atoms with Crippen LogP contribution in [0.3, 0.4) is 0 Å². The van der Waals surface area contributed by atoms with E-state index in [4.69, 9.17) is 4.74 Å². The molecule has 0 aliphatic heterocycles. The van der Waals surface area contributed by atoms with Gasteiger partial charge < -0.3 is 10.1 Å². The fourth-order valence-corrected chi connectivity index (χ4v) is 1.81. The third-order valence-corrected chi connectivity index (χ3v) is 2.42. The van der Waals surface area contributed by atoms with Crippen molar-refractivity contribution in [3.63, 3.8) is 0 Å². The minimum Gasteiger partial charge on any atom is -0.444 e. The number of alkyl halides is 3. The van der Waals surface area contributed by atoms with Crippen LogP contribution < -0.4 is 5.32 Å². The molecule has 0 saturated heterocycles. The molecule has 1 rings (SSSR count). The Kier molecular flexibility index (Phi) is 4.20. The van der Waals surface area contributed by atoms with E-state index in [0.717, 1.165) is 5.38 Å². The third kappa shape index (κ3) is 4.52. The molecule has 0 radical (unpaired) electrons. The molecular weight excluding hydrogens is 269 g/mol. The maximum Gasteiger partial charge on any atom is 0.419 e. The molecule has 1 N–H and O–H groups in total. The van der Waals surface area contributed by atoms with Crippen molar-refractivity contribution in [2.24, 2.45) is 0 Å². The number of nitrogens with one attached hydrogen (secondary N) is 1. The van der Waals surface area contributed by atoms with Crippen LogP contribution in [0.5, 0.6) is 0 Å². The lowest BCUT2D eigenvalue weighted by atomic mass is 10.2. The van der Waals surface area contributed by atoms with Crippen LogP contribution in [0.25, 0.3) is 0 Å². The van der Waals surface area contributed by atoms with Gasteiger partial charge in [0.2, 0.25) is 0 Å². The number of hydrogen-bond donors (Lipinski definition) is 1. The smallest absolute Gasteiger partial charge is 0.419 e. The Balaban J connectivity index is 2.60. The summed E-state index contributed by atoms with van der Waals surface area (Å²) in [6.45, 7) is 4.68. The van der Waals surface area contributed by atoms with Crippen molar-refractivity contribution in [2.45, 2.75) is 39.1 Å². The van der Waals surface area contributed by atoms with Crippen molar-refractivity contribution in [1.29, 1.82) is 0 Å². The van der Waals surface area contributed by atoms with E-state index in [1.165, 1.54) is 0 Å². The van der Waals surface area contributed by atoms with Crippen molar-refractivity contribution in [3.05, 3.63) is 16.6 Å². The molecule has 0 unspecified atom stereocenters. The second-order valence-electron chi connectivity index (χ2n) is 4.53. The van der Waals surface area contributed by atoms with E-state index < -0.39 is 23.4 Å². The number of ether oxygens (including phenoxy) is 1. The first kappa shape index (κ1) is 14.7. The monoisotopic (exact) mass is 282 g/mol. The normalized spacial score (nSPS) is 12.3. The van der Waals surface area contributed by atoms with E-state index in [1.807, 2.05) is 0 Å². The average molecular weight is 282 g/mol. The fraction of sp³-hybridized carbons (Fsp3) is 0.600. The van der Waals surface area contributed by atoms with Gasteiger partial charge in [0.1, 0.15) is 5.60 Å². The van der Waals surface area contributed by atoms with E-state index in [2.05, 4.69) is 9.69 Å². The van der Waals surface area contributed by atoms with Crippen LogP contribution in [0.4, 0.5) is 18.0 Å². The standard InChI is InChI=1S/C10H13F3N2O2S/c1-9(2,3)17-8(16)14-4-7-6(5-18-15-7)10(11,12)13/h5H,4H2,1-3H3,(H,14,16). The van der Waals surface area contributed by atoms with Gasteiger partial charge in [0, 0.05) is 5.38 Å². The van der Waals surface area contributed by atoms with Gasteiger partial charge >= 0.3 is 12.3 Å². The van der Waals surface area contributed by atoms with Crippen LogP contribution in [0.1, 0.15) is 32.0 Å². The van der Waals surface area contributed by atoms with Crippen LogP contribution in [-0.2, 0) is 17.5 Å². The molecular formula is C10H13F3N2O2S. The second kappa shape index (κ2) is 5.13. The molecule has 0 aliphatic carbocycles. The number of halogens is 3. The number of carbonyl (C=O) groups excluding carboxylic acids is 1. The van der Waals surface area contributed by atoms with Crippen molar-refractivity contribution >= 4 is 17.6 Å². The molecule has 0 saturated carbocycles. The summed E-state index contributed by atoms with van der Waals surface area (Å²) in [5, 5.41) is 3.15. The third-order valence-electron chi connectivity index (χ3n) is 1.75. The van der Waals surface area contributed by atoms with E-state index in [0.29, 0.717) is 11.5 Å². The van der Waals surface area contributed by atoms with E-state index in [9.17, 15) is 18.0 Å². The first-order valence-corrected chi connectivity index (χ1v) is 5.90. The Morgan fingerprint density at radius 1 is 1.44 bits per heavy atom. The molecule has 0 bridgehead atoms. The van der Waals surface area contributed by atoms with Crippen LogP contribution in [-0.4, -0.2) is 16.1 Å². The molecule has 1 aromatic rings. The quantitative estimate of drug-likeness (QED) is 0.906. The van der Waals surface area contributed by atoms with Crippen LogP contribution in [0.15, 0.2) is 5.38 Å². The highest BCUT2D eigenvalue weighted by molar-refractivity contribution is 7.03. The van der Waals surface area contributed by atoms with Gasteiger partial charge in [0.15, 0.2) is 0 Å². The lowest BCUT2D eigenvalue weighted by molar-refractivity contribution is -0.138. The van der Waals surface area contributed by atoms with Crippen molar-refractivity contribution in [1.82, 2.24) is 9.69 Å². The Bertz CT molecular complexity index is 423. The summed E-state index contributed by atoms with van der Waals surface area (Å²) in [5.74, 6) is 0. The van der Waals surface area contributed by atoms with Gasteiger partial charge in [-0.15, -0.1) is 0 Å². The summed E-state index contributed by atoms with van der Waals surface area (Å²) in [6, 6.07) is 0. The Morgan fingerprint density at radius 2 is 2.06 bits per heavy atom. The topological polar surface area (TPSA) is 51.2 Å². The first-order chi connectivity index (χ1) is 8.09. The van der Waals surface area contributed by atoms with Crippen LogP contribution >= 0.6 is 11.5 Å². The fourth-order valence-electron chi connectivity index (χ4n) is 1.09. The number of hydrogen-bond acceptors (Lipinski definition) is 4. The van der Waals surface area contributed by atoms with E-state index in [-0.39, 0.29) is 12.2 Å². The molecule has 0 fully saturated rings. The summed E-state index contributed by atoms with van der Waals surface area (Å²) in [4.78, 5) is 11.3. The van der Waals surface area contributed by atoms with Crippen LogP contribution in [0, 0.1) is 0 Å². The molecule has 1 heterocycles. The van der Waals surface area contributed by atoms with Gasteiger partial charge in [0.05, 0.1) is 17.8 Å². The van der Waals surface area contributed by atoms with Gasteiger partial charge in [-0.05, 0) is 32.3 Å². The molecule has 0 aromatic carbocycles. The Hall–Kier alpha value is -1.31. The van der Waals surface area contributed by atoms with Gasteiger partial charge in [-0.1, -0.05) is 0 Å². The zero-order valence-corrected chi connectivity index (χ0v) is 10.9. The number of aromatic nitrogens is 1. The number of carbonyl (C=O) groups is 1. The Morgan fingerprint density at radius 3 is 2.56 bits per heavy atom. The van der Waals surface area contributed by atoms with E-state index in [1.54, 1.807) is 20.8 Å². The zero-order chi connectivity index (χ0) is 14.0. The molecule has 8 heteroatoms. The highest BCUT2D eigenvalue weighted by atomic mass is 32.1. The van der Waals surface area contributed by atoms with Gasteiger partial charge in [-0.3, -0.25) is 0 Å². The minimum atomic E-state index is -4.46. The zero-order valence-electron chi connectivity index (χ0n) is 10.1. The Labute approximate surface area is 106 Å². The first-order valence-electron chi connectivity index (χ1n) is 5.07. The van der Waals surface area contributed by atoms with Gasteiger partial charge in [-0.2, -0.15) is 17.5 Å². The number of nitrogens with zero attached hydrogens (tertiary/aromatic N) is 1. The lowest BCUT2D eigenvalue weighted by Gasteiger charge is -2.19. The summed E-state index contributed by atoms with van der Waals surface area (Å²) in [6.07, 6.45) is -5.23. The predicted octanol–water partition coefficient (Wildman–Crippen LogP) is 3.19. The highest BCUT2D eigenvalue weighted by Gasteiger charge is 2.35. The predicted molar refractivity (Wildman–Crippen MR) is 60.2 cm³/mol. The molecule has 0 atom stereocenters. The maximum absolute atomic E-state index is 12.5. The lowest BCUT2D eigenvalue weighted by Crippen LogP contribution is -2.32. The van der Waals surface area contributed by atoms with Crippen molar-refractivity contribution < 1.29 is 22.7 Å². The SMILES string of the molecule is CC(C)(C)OC(=O)NCc1nscc1C(F)(F)F. The molecule has 1 aromatic heterocycles.